The van der Waals surface area contributed by atoms with E-state index in [1.165, 1.54) is 60.8 Å². The molecule has 1 heterocycles. The molecule has 0 bridgehead atoms. The summed E-state index contributed by atoms with van der Waals surface area (Å²) in [5, 5.41) is 19.7. The lowest BCUT2D eigenvalue weighted by Crippen LogP contribution is -2.25. The van der Waals surface area contributed by atoms with Gasteiger partial charge in [0.1, 0.15) is 23.9 Å². The van der Waals surface area contributed by atoms with E-state index in [4.69, 9.17) is 4.74 Å². The summed E-state index contributed by atoms with van der Waals surface area (Å²) in [6.07, 6.45) is 4.97. The number of Topliss-reactive ketones (excluding diaryl/α,β-unsaturated/α-hetero) is 1. The Morgan fingerprint density at radius 2 is 1.72 bits per heavy atom. The number of carbonyl (C=O) groups is 1. The molecule has 0 amide bonds. The van der Waals surface area contributed by atoms with E-state index in [1.807, 2.05) is 12.1 Å². The van der Waals surface area contributed by atoms with Crippen LogP contribution in [0.1, 0.15) is 60.0 Å². The van der Waals surface area contributed by atoms with Crippen molar-refractivity contribution in [2.75, 3.05) is 26.2 Å². The van der Waals surface area contributed by atoms with Crippen LogP contribution in [0.3, 0.4) is 0 Å². The third-order valence-corrected chi connectivity index (χ3v) is 7.85. The Bertz CT molecular complexity index is 1210. The molecule has 2 atom stereocenters. The fourth-order valence-electron chi connectivity index (χ4n) is 5.67. The molecule has 5 nitrogen and oxygen atoms in total. The minimum atomic E-state index is -0.164. The Balaban J connectivity index is 1.27. The van der Waals surface area contributed by atoms with Gasteiger partial charge in [-0.25, -0.2) is 0 Å². The molecule has 3 aromatic rings. The van der Waals surface area contributed by atoms with Crippen molar-refractivity contribution in [1.82, 2.24) is 4.90 Å². The molecule has 5 heteroatoms. The maximum atomic E-state index is 13.0. The number of rotatable bonds is 8. The van der Waals surface area contributed by atoms with Gasteiger partial charge in [0.15, 0.2) is 5.78 Å². The van der Waals surface area contributed by atoms with Gasteiger partial charge in [-0.2, -0.15) is 0 Å². The number of phenolic OH excluding ortho intramolecular Hbond substituents is 2. The zero-order valence-corrected chi connectivity index (χ0v) is 21.0. The van der Waals surface area contributed by atoms with Crippen LogP contribution in [0.5, 0.6) is 17.2 Å². The molecule has 36 heavy (non-hydrogen) atoms. The molecule has 3 aromatic carbocycles. The maximum absolute atomic E-state index is 13.0. The van der Waals surface area contributed by atoms with Crippen LogP contribution in [-0.4, -0.2) is 47.1 Å². The second-order valence-corrected chi connectivity index (χ2v) is 10.3. The minimum absolute atomic E-state index is 0.0466. The number of hydrogen-bond acceptors (Lipinski definition) is 5. The van der Waals surface area contributed by atoms with Crippen molar-refractivity contribution < 1.29 is 19.7 Å². The van der Waals surface area contributed by atoms with Crippen molar-refractivity contribution >= 4 is 5.78 Å². The summed E-state index contributed by atoms with van der Waals surface area (Å²) in [6.45, 7) is 6.29. The molecule has 1 saturated heterocycles. The summed E-state index contributed by atoms with van der Waals surface area (Å²) >= 11 is 0. The highest BCUT2D eigenvalue weighted by atomic mass is 16.5. The Morgan fingerprint density at radius 3 is 2.47 bits per heavy atom. The molecule has 2 unspecified atom stereocenters. The van der Waals surface area contributed by atoms with Crippen LogP contribution in [0.2, 0.25) is 0 Å². The van der Waals surface area contributed by atoms with E-state index in [9.17, 15) is 15.0 Å². The molecule has 1 aliphatic carbocycles. The first-order valence-electron chi connectivity index (χ1n) is 13.1. The van der Waals surface area contributed by atoms with E-state index < -0.39 is 0 Å². The zero-order chi connectivity index (χ0) is 25.1. The number of aryl methyl sites for hydroxylation is 1. The summed E-state index contributed by atoms with van der Waals surface area (Å²) < 4.78 is 5.96. The van der Waals surface area contributed by atoms with Gasteiger partial charge in [-0.05, 0) is 97.1 Å². The number of nitrogens with zero attached hydrogens (tertiary/aromatic N) is 1. The predicted molar refractivity (Wildman–Crippen MR) is 142 cm³/mol. The number of carbonyl (C=O) groups excluding carboxylic acids is 1. The quantitative estimate of drug-likeness (QED) is 0.373. The highest BCUT2D eigenvalue weighted by Gasteiger charge is 2.29. The smallest absolute Gasteiger partial charge is 0.167 e. The van der Waals surface area contributed by atoms with Crippen molar-refractivity contribution in [3.05, 3.63) is 77.4 Å². The van der Waals surface area contributed by atoms with Gasteiger partial charge in [0.25, 0.3) is 0 Å². The molecule has 0 saturated carbocycles. The standard InChI is InChI=1S/C31H35NO4/c1-21-4-5-24-18-23(22-6-10-26(11-7-22)36-17-16-32-14-2-3-15-32)8-12-27(24)29(21)20-31(35)28-13-9-25(33)19-30(28)34/h6-13,18-19,21,29,33-34H,2-5,14-17,20H2,1H3. The molecular formula is C31H35NO4. The average molecular weight is 486 g/mol. The summed E-state index contributed by atoms with van der Waals surface area (Å²) in [5.41, 5.74) is 5.12. The molecule has 2 aliphatic rings. The average Bonchev–Trinajstić information content (AvgIpc) is 3.39. The molecule has 1 aliphatic heterocycles. The first-order valence-corrected chi connectivity index (χ1v) is 13.1. The molecular weight excluding hydrogens is 450 g/mol. The van der Waals surface area contributed by atoms with E-state index in [0.717, 1.165) is 37.3 Å². The van der Waals surface area contributed by atoms with Crippen LogP contribution in [0.25, 0.3) is 11.1 Å². The van der Waals surface area contributed by atoms with Gasteiger partial charge >= 0.3 is 0 Å². The Labute approximate surface area is 213 Å². The van der Waals surface area contributed by atoms with Crippen LogP contribution < -0.4 is 4.74 Å². The van der Waals surface area contributed by atoms with Crippen molar-refractivity contribution in [1.29, 1.82) is 0 Å². The topological polar surface area (TPSA) is 70.0 Å². The lowest BCUT2D eigenvalue weighted by molar-refractivity contribution is 0.0960. The number of aromatic hydroxyl groups is 2. The van der Waals surface area contributed by atoms with Crippen molar-refractivity contribution in [3.8, 4) is 28.4 Å². The number of phenols is 2. The number of benzene rings is 3. The highest BCUT2D eigenvalue weighted by Crippen LogP contribution is 2.41. The highest BCUT2D eigenvalue weighted by molar-refractivity contribution is 5.99. The maximum Gasteiger partial charge on any atom is 0.167 e. The first-order chi connectivity index (χ1) is 17.5. The van der Waals surface area contributed by atoms with Crippen LogP contribution in [0.15, 0.2) is 60.7 Å². The summed E-state index contributed by atoms with van der Waals surface area (Å²) in [6, 6.07) is 19.1. The van der Waals surface area contributed by atoms with Crippen molar-refractivity contribution in [3.63, 3.8) is 0 Å². The lowest BCUT2D eigenvalue weighted by atomic mass is 9.73. The molecule has 2 N–H and O–H groups in total. The van der Waals surface area contributed by atoms with Gasteiger partial charge in [-0.3, -0.25) is 9.69 Å². The van der Waals surface area contributed by atoms with Gasteiger partial charge in [0.05, 0.1) is 5.56 Å². The van der Waals surface area contributed by atoms with Crippen molar-refractivity contribution in [2.45, 2.75) is 44.9 Å². The Kier molecular flexibility index (Phi) is 7.28. The number of likely N-dealkylation sites (tertiary alicyclic amines) is 1. The molecule has 0 spiro atoms. The second-order valence-electron chi connectivity index (χ2n) is 10.3. The first kappa shape index (κ1) is 24.4. The lowest BCUT2D eigenvalue weighted by Gasteiger charge is -2.31. The fourth-order valence-corrected chi connectivity index (χ4v) is 5.67. The fraction of sp³-hybridized carbons (Fsp3) is 0.387. The summed E-state index contributed by atoms with van der Waals surface area (Å²) in [5.74, 6) is 1.08. The molecule has 188 valence electrons. The van der Waals surface area contributed by atoms with E-state index >= 15 is 0 Å². The minimum Gasteiger partial charge on any atom is -0.508 e. The monoisotopic (exact) mass is 485 g/mol. The predicted octanol–water partition coefficient (Wildman–Crippen LogP) is 6.18. The molecule has 5 rings (SSSR count). The van der Waals surface area contributed by atoms with Gasteiger partial charge in [-0.15, -0.1) is 0 Å². The van der Waals surface area contributed by atoms with Gasteiger partial charge < -0.3 is 14.9 Å². The second kappa shape index (κ2) is 10.8. The molecule has 0 aromatic heterocycles. The number of ether oxygens (including phenoxy) is 1. The largest absolute Gasteiger partial charge is 0.508 e. The summed E-state index contributed by atoms with van der Waals surface area (Å²) in [7, 11) is 0. The third-order valence-electron chi connectivity index (χ3n) is 7.85. The molecule has 1 fully saturated rings. The van der Waals surface area contributed by atoms with Gasteiger partial charge in [0.2, 0.25) is 0 Å². The van der Waals surface area contributed by atoms with Crippen LogP contribution in [0, 0.1) is 5.92 Å². The van der Waals surface area contributed by atoms with Gasteiger partial charge in [0, 0.05) is 19.0 Å². The van der Waals surface area contributed by atoms with Gasteiger partial charge in [-0.1, -0.05) is 37.3 Å². The van der Waals surface area contributed by atoms with Crippen molar-refractivity contribution in [2.24, 2.45) is 5.92 Å². The molecule has 0 radical (unpaired) electrons. The van der Waals surface area contributed by atoms with E-state index in [-0.39, 0.29) is 28.8 Å². The normalized spacial score (nSPS) is 19.7. The van der Waals surface area contributed by atoms with Crippen LogP contribution in [0.4, 0.5) is 0 Å². The Morgan fingerprint density at radius 1 is 0.972 bits per heavy atom. The third kappa shape index (κ3) is 5.41. The zero-order valence-electron chi connectivity index (χ0n) is 21.0. The number of ketones is 1. The van der Waals surface area contributed by atoms with Crippen LogP contribution >= 0.6 is 0 Å². The van der Waals surface area contributed by atoms with E-state index in [0.29, 0.717) is 12.3 Å². The SMILES string of the molecule is CC1CCc2cc(-c3ccc(OCCN4CCCC4)cc3)ccc2C1CC(=O)c1ccc(O)cc1O. The Hall–Kier alpha value is -3.31. The summed E-state index contributed by atoms with van der Waals surface area (Å²) in [4.78, 5) is 15.5. The van der Waals surface area contributed by atoms with E-state index in [2.05, 4.69) is 42.2 Å². The van der Waals surface area contributed by atoms with Crippen LogP contribution in [-0.2, 0) is 6.42 Å². The van der Waals surface area contributed by atoms with E-state index in [1.54, 1.807) is 0 Å². The number of hydrogen-bond donors (Lipinski definition) is 2. The number of fused-ring (bicyclic) bond motifs is 1.